The lowest BCUT2D eigenvalue weighted by atomic mass is 9.80. The molecule has 0 bridgehead atoms. The highest BCUT2D eigenvalue weighted by Crippen LogP contribution is 2.49. The van der Waals surface area contributed by atoms with Crippen LogP contribution >= 0.6 is 11.3 Å². The van der Waals surface area contributed by atoms with E-state index in [4.69, 9.17) is 10.7 Å². The first kappa shape index (κ1) is 18.0. The predicted molar refractivity (Wildman–Crippen MR) is 121 cm³/mol. The van der Waals surface area contributed by atoms with Crippen LogP contribution in [0.15, 0.2) is 59.7 Å². The fourth-order valence-corrected chi connectivity index (χ4v) is 4.91. The lowest BCUT2D eigenvalue weighted by molar-refractivity contribution is 0.512. The van der Waals surface area contributed by atoms with Crippen molar-refractivity contribution in [2.75, 3.05) is 11.1 Å². The molecular formula is C23H17FN6S. The zero-order chi connectivity index (χ0) is 21.2. The minimum absolute atomic E-state index is 0.308. The summed E-state index contributed by atoms with van der Waals surface area (Å²) in [5.74, 6) is 0.310. The van der Waals surface area contributed by atoms with Gasteiger partial charge < -0.3 is 16.0 Å². The Hall–Kier alpha value is -3.78. The largest absolute Gasteiger partial charge is 0.397 e. The first-order valence-corrected chi connectivity index (χ1v) is 10.7. The van der Waals surface area contributed by atoms with Gasteiger partial charge in [0.25, 0.3) is 0 Å². The number of H-pyrrole nitrogens is 1. The molecule has 31 heavy (non-hydrogen) atoms. The summed E-state index contributed by atoms with van der Waals surface area (Å²) in [7, 11) is 0. The van der Waals surface area contributed by atoms with Crippen molar-refractivity contribution in [3.63, 3.8) is 0 Å². The molecule has 6 nitrogen and oxygen atoms in total. The molecule has 1 unspecified atom stereocenters. The molecule has 8 heteroatoms. The number of thiophene rings is 1. The molecule has 0 aliphatic carbocycles. The molecule has 1 aromatic carbocycles. The number of pyridine rings is 2. The molecule has 0 spiro atoms. The number of fused-ring (bicyclic) bond motifs is 2. The Morgan fingerprint density at radius 1 is 1.10 bits per heavy atom. The summed E-state index contributed by atoms with van der Waals surface area (Å²) in [5.41, 5.74) is 11.5. The Balaban J connectivity index is 1.49. The molecule has 0 saturated heterocycles. The molecule has 1 aliphatic heterocycles. The van der Waals surface area contributed by atoms with Crippen LogP contribution < -0.4 is 11.1 Å². The van der Waals surface area contributed by atoms with Crippen LogP contribution in [0, 0.1) is 5.82 Å². The molecule has 4 aromatic heterocycles. The topological polar surface area (TPSA) is 92.5 Å². The highest BCUT2D eigenvalue weighted by atomic mass is 32.1. The van der Waals surface area contributed by atoms with Crippen molar-refractivity contribution in [3.05, 3.63) is 76.9 Å². The number of hydrogen-bond donors (Lipinski definition) is 3. The SMILES string of the molecule is CC1(c2nc3nccc(-c4ccsc4)c3[nH]2)Nc2ccc(-c3cncc(N)c3)c(F)c21. The highest BCUT2D eigenvalue weighted by molar-refractivity contribution is 7.08. The van der Waals surface area contributed by atoms with Crippen LogP contribution in [0.3, 0.4) is 0 Å². The Morgan fingerprint density at radius 2 is 2.00 bits per heavy atom. The summed E-state index contributed by atoms with van der Waals surface area (Å²) >= 11 is 1.63. The lowest BCUT2D eigenvalue weighted by Gasteiger charge is -2.42. The maximum Gasteiger partial charge on any atom is 0.178 e. The third kappa shape index (κ3) is 2.58. The van der Waals surface area contributed by atoms with E-state index in [0.717, 1.165) is 22.3 Å². The van der Waals surface area contributed by atoms with Crippen LogP contribution in [0.5, 0.6) is 0 Å². The smallest absolute Gasteiger partial charge is 0.178 e. The standard InChI is InChI=1S/C23H17FN6S/c1-23(22-28-20-16(12-5-7-31-11-12)4-6-27-21(20)29-22)18-17(30-23)3-2-15(19(18)24)13-8-14(25)10-26-9-13/h2-11,30H,25H2,1H3,(H,27,28,29). The minimum atomic E-state index is -0.810. The van der Waals surface area contributed by atoms with Crippen molar-refractivity contribution in [2.45, 2.75) is 12.5 Å². The van der Waals surface area contributed by atoms with Crippen LogP contribution in [0.4, 0.5) is 15.8 Å². The zero-order valence-corrected chi connectivity index (χ0v) is 17.3. The van der Waals surface area contributed by atoms with Crippen molar-refractivity contribution in [2.24, 2.45) is 0 Å². The maximum absolute atomic E-state index is 15.7. The minimum Gasteiger partial charge on any atom is -0.397 e. The van der Waals surface area contributed by atoms with Crippen LogP contribution in [-0.4, -0.2) is 19.9 Å². The maximum atomic E-state index is 15.7. The van der Waals surface area contributed by atoms with Crippen LogP contribution in [-0.2, 0) is 5.54 Å². The first-order chi connectivity index (χ1) is 15.0. The summed E-state index contributed by atoms with van der Waals surface area (Å²) in [6.07, 6.45) is 4.90. The molecule has 1 atom stereocenters. The fourth-order valence-electron chi connectivity index (χ4n) is 4.25. The predicted octanol–water partition coefficient (Wildman–Crippen LogP) is 5.16. The number of aromatic nitrogens is 4. The summed E-state index contributed by atoms with van der Waals surface area (Å²) in [6, 6.07) is 9.36. The Kier molecular flexibility index (Phi) is 3.70. The van der Waals surface area contributed by atoms with Gasteiger partial charge in [0.05, 0.1) is 11.2 Å². The van der Waals surface area contributed by atoms with E-state index in [9.17, 15) is 0 Å². The number of aromatic amines is 1. The molecule has 6 rings (SSSR count). The van der Waals surface area contributed by atoms with Gasteiger partial charge in [0.2, 0.25) is 0 Å². The second kappa shape index (κ2) is 6.36. The Bertz CT molecular complexity index is 1460. The van der Waals surface area contributed by atoms with Gasteiger partial charge in [-0.3, -0.25) is 4.98 Å². The fraction of sp³-hybridized carbons (Fsp3) is 0.0870. The normalized spacial score (nSPS) is 17.2. The second-order valence-corrected chi connectivity index (χ2v) is 8.54. The van der Waals surface area contributed by atoms with E-state index in [2.05, 4.69) is 31.7 Å². The average Bonchev–Trinajstić information content (AvgIpc) is 3.42. The third-order valence-corrected chi connectivity index (χ3v) is 6.48. The monoisotopic (exact) mass is 428 g/mol. The number of nitrogens with two attached hydrogens (primary N) is 1. The van der Waals surface area contributed by atoms with Crippen LogP contribution in [0.25, 0.3) is 33.4 Å². The molecule has 0 radical (unpaired) electrons. The molecule has 0 saturated carbocycles. The van der Waals surface area contributed by atoms with Gasteiger partial charge in [0.1, 0.15) is 17.2 Å². The number of nitrogens with zero attached hydrogens (tertiary/aromatic N) is 3. The second-order valence-electron chi connectivity index (χ2n) is 7.76. The average molecular weight is 428 g/mol. The molecule has 5 aromatic rings. The van der Waals surface area contributed by atoms with Crippen molar-refractivity contribution >= 4 is 33.9 Å². The van der Waals surface area contributed by atoms with E-state index in [1.165, 1.54) is 0 Å². The lowest BCUT2D eigenvalue weighted by Crippen LogP contribution is -2.44. The summed E-state index contributed by atoms with van der Waals surface area (Å²) in [5, 5.41) is 7.48. The molecule has 0 fully saturated rings. The number of halogens is 1. The van der Waals surface area contributed by atoms with E-state index in [-0.39, 0.29) is 5.82 Å². The molecule has 5 heterocycles. The van der Waals surface area contributed by atoms with Crippen LogP contribution in [0.2, 0.25) is 0 Å². The zero-order valence-electron chi connectivity index (χ0n) is 16.5. The van der Waals surface area contributed by atoms with E-state index < -0.39 is 5.54 Å². The van der Waals surface area contributed by atoms with E-state index in [1.54, 1.807) is 42.1 Å². The van der Waals surface area contributed by atoms with Gasteiger partial charge in [0, 0.05) is 46.5 Å². The van der Waals surface area contributed by atoms with Gasteiger partial charge >= 0.3 is 0 Å². The van der Waals surface area contributed by atoms with Crippen molar-refractivity contribution in [3.8, 4) is 22.3 Å². The quantitative estimate of drug-likeness (QED) is 0.369. The van der Waals surface area contributed by atoms with Crippen LogP contribution in [0.1, 0.15) is 18.3 Å². The summed E-state index contributed by atoms with van der Waals surface area (Å²) < 4.78 is 15.7. The van der Waals surface area contributed by atoms with E-state index >= 15 is 4.39 Å². The molecule has 1 aliphatic rings. The number of imidazole rings is 1. The molecule has 4 N–H and O–H groups in total. The van der Waals surface area contributed by atoms with Gasteiger partial charge in [-0.25, -0.2) is 14.4 Å². The highest BCUT2D eigenvalue weighted by Gasteiger charge is 2.45. The first-order valence-electron chi connectivity index (χ1n) is 9.74. The van der Waals surface area contributed by atoms with Gasteiger partial charge in [-0.1, -0.05) is 0 Å². The number of nitrogen functional groups attached to an aromatic ring is 1. The summed E-state index contributed by atoms with van der Waals surface area (Å²) in [4.78, 5) is 16.6. The van der Waals surface area contributed by atoms with Crippen molar-refractivity contribution in [1.82, 2.24) is 19.9 Å². The number of nitrogens with one attached hydrogen (secondary N) is 2. The van der Waals surface area contributed by atoms with Gasteiger partial charge in [0.15, 0.2) is 5.65 Å². The summed E-state index contributed by atoms with van der Waals surface area (Å²) in [6.45, 7) is 1.92. The third-order valence-electron chi connectivity index (χ3n) is 5.79. The van der Waals surface area contributed by atoms with E-state index in [0.29, 0.717) is 33.8 Å². The Morgan fingerprint density at radius 3 is 2.81 bits per heavy atom. The number of anilines is 2. The molecular weight excluding hydrogens is 411 g/mol. The van der Waals surface area contributed by atoms with Crippen molar-refractivity contribution in [1.29, 1.82) is 0 Å². The van der Waals surface area contributed by atoms with Gasteiger partial charge in [-0.05, 0) is 53.6 Å². The van der Waals surface area contributed by atoms with E-state index in [1.807, 2.05) is 24.4 Å². The van der Waals surface area contributed by atoms with Gasteiger partial charge in [-0.15, -0.1) is 0 Å². The number of hydrogen-bond acceptors (Lipinski definition) is 6. The van der Waals surface area contributed by atoms with Crippen molar-refractivity contribution < 1.29 is 4.39 Å². The number of rotatable bonds is 3. The molecule has 0 amide bonds. The Labute approximate surface area is 181 Å². The number of benzene rings is 1. The van der Waals surface area contributed by atoms with Gasteiger partial charge in [-0.2, -0.15) is 11.3 Å². The molecule has 152 valence electrons.